The minimum atomic E-state index is -0.180. The van der Waals surface area contributed by atoms with Gasteiger partial charge in [-0.15, -0.1) is 0 Å². The fraction of sp³-hybridized carbons (Fsp3) is 0.312. The maximum atomic E-state index is 12.1. The van der Waals surface area contributed by atoms with E-state index in [9.17, 15) is 4.79 Å². The molecule has 1 aliphatic carbocycles. The Labute approximate surface area is 144 Å². The molecule has 0 saturated heterocycles. The molecule has 0 bridgehead atoms. The molecule has 2 N–H and O–H groups in total. The Kier molecular flexibility index (Phi) is 4.98. The van der Waals surface area contributed by atoms with Crippen molar-refractivity contribution in [1.29, 1.82) is 0 Å². The fourth-order valence-corrected chi connectivity index (χ4v) is 3.02. The van der Waals surface area contributed by atoms with Gasteiger partial charge in [0, 0.05) is 11.1 Å². The van der Waals surface area contributed by atoms with Gasteiger partial charge in [-0.2, -0.15) is 0 Å². The van der Waals surface area contributed by atoms with Crippen molar-refractivity contribution in [2.45, 2.75) is 31.7 Å². The minimum absolute atomic E-state index is 0.180. The monoisotopic (exact) mass is 350 g/mol. The third-order valence-corrected chi connectivity index (χ3v) is 4.32. The van der Waals surface area contributed by atoms with Gasteiger partial charge in [-0.1, -0.05) is 36.0 Å². The van der Waals surface area contributed by atoms with Crippen molar-refractivity contribution in [2.24, 2.45) is 0 Å². The highest BCUT2D eigenvalue weighted by atomic mass is 35.5. The van der Waals surface area contributed by atoms with Gasteiger partial charge >= 0.3 is 0 Å². The van der Waals surface area contributed by atoms with Crippen molar-refractivity contribution in [1.82, 2.24) is 15.3 Å². The van der Waals surface area contributed by atoms with E-state index in [0.29, 0.717) is 27.2 Å². The summed E-state index contributed by atoms with van der Waals surface area (Å²) >= 11 is 12.0. The number of amides is 1. The van der Waals surface area contributed by atoms with Gasteiger partial charge in [0.05, 0.1) is 23.1 Å². The Morgan fingerprint density at radius 1 is 1.13 bits per heavy atom. The predicted octanol–water partition coefficient (Wildman–Crippen LogP) is 4.20. The van der Waals surface area contributed by atoms with Crippen LogP contribution in [0.1, 0.15) is 36.2 Å². The lowest BCUT2D eigenvalue weighted by Gasteiger charge is -2.11. The molecule has 1 aliphatic rings. The van der Waals surface area contributed by atoms with Gasteiger partial charge in [-0.3, -0.25) is 4.79 Å². The number of nitrogens with zero attached hydrogens (tertiary/aromatic N) is 2. The highest BCUT2D eigenvalue weighted by Crippen LogP contribution is 2.27. The Morgan fingerprint density at radius 2 is 1.91 bits per heavy atom. The molecule has 1 heterocycles. The van der Waals surface area contributed by atoms with Crippen LogP contribution in [0.25, 0.3) is 0 Å². The number of carbonyl (C=O) groups excluding carboxylic acids is 1. The fourth-order valence-electron chi connectivity index (χ4n) is 2.57. The van der Waals surface area contributed by atoms with Crippen LogP contribution in [0.2, 0.25) is 10.0 Å². The molecule has 0 atom stereocenters. The molecule has 0 aliphatic heterocycles. The molecule has 3 rings (SSSR count). The second kappa shape index (κ2) is 7.15. The first-order valence-corrected chi connectivity index (χ1v) is 8.22. The molecule has 120 valence electrons. The summed E-state index contributed by atoms with van der Waals surface area (Å²) in [6, 6.07) is 5.39. The van der Waals surface area contributed by atoms with Gasteiger partial charge in [0.15, 0.2) is 0 Å². The Balaban J connectivity index is 1.65. The van der Waals surface area contributed by atoms with E-state index >= 15 is 0 Å². The van der Waals surface area contributed by atoms with Crippen molar-refractivity contribution in [3.8, 4) is 0 Å². The summed E-state index contributed by atoms with van der Waals surface area (Å²) in [7, 11) is 0. The van der Waals surface area contributed by atoms with Crippen LogP contribution in [0.3, 0.4) is 0 Å². The second-order valence-electron chi connectivity index (χ2n) is 5.49. The van der Waals surface area contributed by atoms with E-state index in [1.165, 1.54) is 25.2 Å². The average molecular weight is 351 g/mol. The number of aromatic nitrogens is 2. The van der Waals surface area contributed by atoms with Gasteiger partial charge < -0.3 is 10.6 Å². The number of carbonyl (C=O) groups is 1. The molecule has 1 aromatic heterocycles. The molecule has 0 radical (unpaired) electrons. The second-order valence-corrected chi connectivity index (χ2v) is 6.33. The number of rotatable bonds is 4. The first-order chi connectivity index (χ1) is 11.1. The molecule has 23 heavy (non-hydrogen) atoms. The van der Waals surface area contributed by atoms with Gasteiger partial charge in [0.1, 0.15) is 11.5 Å². The molecule has 0 unspecified atom stereocenters. The van der Waals surface area contributed by atoms with Gasteiger partial charge in [0.2, 0.25) is 0 Å². The third kappa shape index (κ3) is 4.12. The van der Waals surface area contributed by atoms with Gasteiger partial charge in [-0.25, -0.2) is 9.97 Å². The predicted molar refractivity (Wildman–Crippen MR) is 91.5 cm³/mol. The number of hydrogen-bond donors (Lipinski definition) is 2. The van der Waals surface area contributed by atoms with Crippen LogP contribution < -0.4 is 10.6 Å². The molecule has 0 spiro atoms. The van der Waals surface area contributed by atoms with Crippen LogP contribution in [0.15, 0.2) is 30.6 Å². The molecule has 1 saturated carbocycles. The van der Waals surface area contributed by atoms with Crippen LogP contribution in [0.4, 0.5) is 11.5 Å². The number of halogens is 2. The maximum Gasteiger partial charge on any atom is 0.271 e. The minimum Gasteiger partial charge on any atom is -0.348 e. The standard InChI is InChI=1S/C16H16Cl2N4O/c17-10-5-6-13(12(18)7-10)22-15-9-19-14(8-20-15)16(23)21-11-3-1-2-4-11/h5-9,11H,1-4H2,(H,20,22)(H,21,23). The van der Waals surface area contributed by atoms with E-state index < -0.39 is 0 Å². The summed E-state index contributed by atoms with van der Waals surface area (Å²) in [6.07, 6.45) is 7.37. The van der Waals surface area contributed by atoms with E-state index in [1.807, 2.05) is 0 Å². The normalized spacial score (nSPS) is 14.7. The zero-order valence-corrected chi connectivity index (χ0v) is 13.9. The van der Waals surface area contributed by atoms with Crippen LogP contribution in [0, 0.1) is 0 Å². The molecule has 1 amide bonds. The molecule has 7 heteroatoms. The Morgan fingerprint density at radius 3 is 2.57 bits per heavy atom. The Hall–Kier alpha value is -1.85. The van der Waals surface area contributed by atoms with E-state index in [2.05, 4.69) is 20.6 Å². The summed E-state index contributed by atoms with van der Waals surface area (Å²) in [5.74, 6) is 0.326. The summed E-state index contributed by atoms with van der Waals surface area (Å²) in [4.78, 5) is 20.5. The number of anilines is 2. The van der Waals surface area contributed by atoms with Crippen LogP contribution in [-0.2, 0) is 0 Å². The van der Waals surface area contributed by atoms with Crippen LogP contribution in [0.5, 0.6) is 0 Å². The van der Waals surface area contributed by atoms with E-state index in [0.717, 1.165) is 12.8 Å². The van der Waals surface area contributed by atoms with Crippen LogP contribution >= 0.6 is 23.2 Å². The van der Waals surface area contributed by atoms with Crippen molar-refractivity contribution in [3.05, 3.63) is 46.3 Å². The summed E-state index contributed by atoms with van der Waals surface area (Å²) in [5.41, 5.74) is 0.984. The lowest BCUT2D eigenvalue weighted by molar-refractivity contribution is 0.0932. The molecular weight excluding hydrogens is 335 g/mol. The zero-order chi connectivity index (χ0) is 16.2. The van der Waals surface area contributed by atoms with Gasteiger partial charge in [-0.05, 0) is 31.0 Å². The first kappa shape index (κ1) is 16.0. The van der Waals surface area contributed by atoms with Crippen molar-refractivity contribution < 1.29 is 4.79 Å². The van der Waals surface area contributed by atoms with Crippen molar-refractivity contribution >= 4 is 40.6 Å². The Bertz CT molecular complexity index is 700. The maximum absolute atomic E-state index is 12.1. The molecule has 1 aromatic carbocycles. The summed E-state index contributed by atoms with van der Waals surface area (Å²) in [5, 5.41) is 7.07. The topological polar surface area (TPSA) is 66.9 Å². The molecule has 5 nitrogen and oxygen atoms in total. The quantitative estimate of drug-likeness (QED) is 0.866. The highest BCUT2D eigenvalue weighted by Gasteiger charge is 2.18. The summed E-state index contributed by atoms with van der Waals surface area (Å²) < 4.78 is 0. The molecule has 1 fully saturated rings. The number of nitrogens with one attached hydrogen (secondary N) is 2. The third-order valence-electron chi connectivity index (χ3n) is 3.77. The van der Waals surface area contributed by atoms with E-state index in [4.69, 9.17) is 23.2 Å². The average Bonchev–Trinajstić information content (AvgIpc) is 3.04. The van der Waals surface area contributed by atoms with E-state index in [1.54, 1.807) is 18.2 Å². The SMILES string of the molecule is O=C(NC1CCCC1)c1cnc(Nc2ccc(Cl)cc2Cl)cn1. The largest absolute Gasteiger partial charge is 0.348 e. The zero-order valence-electron chi connectivity index (χ0n) is 12.4. The van der Waals surface area contributed by atoms with Crippen molar-refractivity contribution in [3.63, 3.8) is 0 Å². The van der Waals surface area contributed by atoms with Gasteiger partial charge in [0.25, 0.3) is 5.91 Å². The summed E-state index contributed by atoms with van der Waals surface area (Å²) in [6.45, 7) is 0. The lowest BCUT2D eigenvalue weighted by Crippen LogP contribution is -2.33. The molecular formula is C16H16Cl2N4O. The lowest BCUT2D eigenvalue weighted by atomic mass is 10.2. The number of hydrogen-bond acceptors (Lipinski definition) is 4. The molecule has 2 aromatic rings. The number of benzene rings is 1. The first-order valence-electron chi connectivity index (χ1n) is 7.47. The van der Waals surface area contributed by atoms with Crippen LogP contribution in [-0.4, -0.2) is 21.9 Å². The smallest absolute Gasteiger partial charge is 0.271 e. The van der Waals surface area contributed by atoms with Crippen molar-refractivity contribution in [2.75, 3.05) is 5.32 Å². The highest BCUT2D eigenvalue weighted by molar-refractivity contribution is 6.36. The van der Waals surface area contributed by atoms with E-state index in [-0.39, 0.29) is 11.9 Å².